The van der Waals surface area contributed by atoms with Crippen molar-refractivity contribution in [2.24, 2.45) is 0 Å². The zero-order valence-electron chi connectivity index (χ0n) is 16.8. The van der Waals surface area contributed by atoms with Gasteiger partial charge in [-0.05, 0) is 55.0 Å². The van der Waals surface area contributed by atoms with Crippen LogP contribution in [0.5, 0.6) is 5.75 Å². The van der Waals surface area contributed by atoms with Crippen LogP contribution in [0.1, 0.15) is 27.2 Å². The Kier molecular flexibility index (Phi) is 5.35. The number of nitrogens with one attached hydrogen (secondary N) is 1. The number of hydrogen-bond donors (Lipinski definition) is 1. The molecule has 0 aliphatic rings. The molecule has 4 aromatic rings. The topological polar surface area (TPSA) is 68.5 Å². The highest BCUT2D eigenvalue weighted by atomic mass is 16.5. The molecule has 5 nitrogen and oxygen atoms in total. The summed E-state index contributed by atoms with van der Waals surface area (Å²) in [5.74, 6) is 0.684. The normalized spacial score (nSPS) is 10.7. The van der Waals surface area contributed by atoms with E-state index in [1.165, 1.54) is 0 Å². The summed E-state index contributed by atoms with van der Waals surface area (Å²) in [6.45, 7) is 1.85. The molecule has 0 radical (unpaired) electrons. The quantitative estimate of drug-likeness (QED) is 0.455. The summed E-state index contributed by atoms with van der Waals surface area (Å²) in [6, 6.07) is 21.9. The van der Waals surface area contributed by atoms with Crippen LogP contribution >= 0.6 is 0 Å². The van der Waals surface area contributed by atoms with E-state index in [1.54, 1.807) is 43.5 Å². The lowest BCUT2D eigenvalue weighted by molar-refractivity contribution is -0.115. The van der Waals surface area contributed by atoms with Crippen molar-refractivity contribution in [2.75, 3.05) is 12.4 Å². The van der Waals surface area contributed by atoms with Crippen LogP contribution in [0.4, 0.5) is 5.69 Å². The first-order valence-corrected chi connectivity index (χ1v) is 9.61. The number of ketones is 1. The fraction of sp³-hybridized carbons (Fsp3) is 0.120. The van der Waals surface area contributed by atoms with E-state index in [-0.39, 0.29) is 11.7 Å². The maximum Gasteiger partial charge on any atom is 0.228 e. The Hall–Kier alpha value is -3.86. The molecule has 1 heterocycles. The van der Waals surface area contributed by atoms with Crippen LogP contribution in [-0.4, -0.2) is 18.8 Å². The van der Waals surface area contributed by atoms with Crippen molar-refractivity contribution in [3.05, 3.63) is 95.2 Å². The minimum absolute atomic E-state index is 0.101. The van der Waals surface area contributed by atoms with Crippen LogP contribution in [-0.2, 0) is 11.2 Å². The molecule has 0 saturated carbocycles. The highest BCUT2D eigenvalue weighted by Crippen LogP contribution is 2.30. The number of hydrogen-bond acceptors (Lipinski definition) is 4. The summed E-state index contributed by atoms with van der Waals surface area (Å²) in [7, 11) is 1.58. The van der Waals surface area contributed by atoms with Gasteiger partial charge in [0, 0.05) is 22.2 Å². The van der Waals surface area contributed by atoms with Gasteiger partial charge in [-0.1, -0.05) is 30.3 Å². The summed E-state index contributed by atoms with van der Waals surface area (Å²) in [4.78, 5) is 25.3. The van der Waals surface area contributed by atoms with Crippen molar-refractivity contribution in [3.63, 3.8) is 0 Å². The Morgan fingerprint density at radius 2 is 1.70 bits per heavy atom. The Bertz CT molecular complexity index is 1210. The lowest BCUT2D eigenvalue weighted by atomic mass is 10.0. The van der Waals surface area contributed by atoms with Crippen molar-refractivity contribution >= 4 is 28.3 Å². The molecular weight excluding hydrogens is 378 g/mol. The minimum atomic E-state index is -0.194. The molecule has 0 fully saturated rings. The standard InChI is InChI=1S/C25H21NO4/c1-16-21-15-19(26-23(27)14-17-6-4-3-5-7-17)10-13-22(21)30-25(16)24(28)18-8-11-20(29-2)12-9-18/h3-13,15H,14H2,1-2H3,(H,26,27). The Balaban J connectivity index is 1.56. The third-order valence-electron chi connectivity index (χ3n) is 4.99. The second-order valence-electron chi connectivity index (χ2n) is 7.04. The van der Waals surface area contributed by atoms with E-state index in [2.05, 4.69) is 5.32 Å². The van der Waals surface area contributed by atoms with Gasteiger partial charge in [0.15, 0.2) is 5.76 Å². The van der Waals surface area contributed by atoms with Gasteiger partial charge in [0.25, 0.3) is 0 Å². The van der Waals surface area contributed by atoms with Gasteiger partial charge in [-0.15, -0.1) is 0 Å². The summed E-state index contributed by atoms with van der Waals surface area (Å²) >= 11 is 0. The molecular formula is C25H21NO4. The summed E-state index contributed by atoms with van der Waals surface area (Å²) < 4.78 is 11.0. The Morgan fingerprint density at radius 1 is 0.967 bits per heavy atom. The molecule has 3 aromatic carbocycles. The average molecular weight is 399 g/mol. The number of fused-ring (bicyclic) bond motifs is 1. The van der Waals surface area contributed by atoms with E-state index in [4.69, 9.17) is 9.15 Å². The molecule has 5 heteroatoms. The molecule has 0 bridgehead atoms. The number of benzene rings is 3. The van der Waals surface area contributed by atoms with Crippen molar-refractivity contribution in [1.29, 1.82) is 0 Å². The number of amides is 1. The monoisotopic (exact) mass is 399 g/mol. The maximum absolute atomic E-state index is 12.9. The highest BCUT2D eigenvalue weighted by molar-refractivity contribution is 6.11. The van der Waals surface area contributed by atoms with Crippen molar-refractivity contribution < 1.29 is 18.7 Å². The maximum atomic E-state index is 12.9. The predicted molar refractivity (Wildman–Crippen MR) is 116 cm³/mol. The Morgan fingerprint density at radius 3 is 2.40 bits per heavy atom. The van der Waals surface area contributed by atoms with Crippen molar-refractivity contribution in [1.82, 2.24) is 0 Å². The van der Waals surface area contributed by atoms with Crippen LogP contribution in [0.15, 0.2) is 77.2 Å². The van der Waals surface area contributed by atoms with E-state index < -0.39 is 0 Å². The molecule has 0 aliphatic heterocycles. The largest absolute Gasteiger partial charge is 0.497 e. The fourth-order valence-corrected chi connectivity index (χ4v) is 3.38. The number of carbonyl (C=O) groups excluding carboxylic acids is 2. The molecule has 0 spiro atoms. The van der Waals surface area contributed by atoms with Gasteiger partial charge in [0.05, 0.1) is 13.5 Å². The predicted octanol–water partition coefficient (Wildman–Crippen LogP) is 5.16. The van der Waals surface area contributed by atoms with E-state index in [9.17, 15) is 9.59 Å². The van der Waals surface area contributed by atoms with Crippen LogP contribution in [0, 0.1) is 6.92 Å². The molecule has 4 rings (SSSR count). The van der Waals surface area contributed by atoms with Gasteiger partial charge in [0.1, 0.15) is 11.3 Å². The van der Waals surface area contributed by atoms with Crippen molar-refractivity contribution in [2.45, 2.75) is 13.3 Å². The second-order valence-corrected chi connectivity index (χ2v) is 7.04. The number of anilines is 1. The lowest BCUT2D eigenvalue weighted by Crippen LogP contribution is -2.14. The van der Waals surface area contributed by atoms with Crippen molar-refractivity contribution in [3.8, 4) is 5.75 Å². The van der Waals surface area contributed by atoms with Gasteiger partial charge in [-0.3, -0.25) is 9.59 Å². The van der Waals surface area contributed by atoms with Gasteiger partial charge in [0.2, 0.25) is 11.7 Å². The van der Waals surface area contributed by atoms with E-state index >= 15 is 0 Å². The van der Waals surface area contributed by atoms with Crippen LogP contribution in [0.25, 0.3) is 11.0 Å². The smallest absolute Gasteiger partial charge is 0.228 e. The molecule has 150 valence electrons. The molecule has 0 aliphatic carbocycles. The summed E-state index contributed by atoms with van der Waals surface area (Å²) in [5, 5.41) is 3.71. The number of furan rings is 1. The zero-order valence-corrected chi connectivity index (χ0v) is 16.8. The lowest BCUT2D eigenvalue weighted by Gasteiger charge is -2.05. The van der Waals surface area contributed by atoms with Gasteiger partial charge < -0.3 is 14.5 Å². The molecule has 1 N–H and O–H groups in total. The second kappa shape index (κ2) is 8.25. The minimum Gasteiger partial charge on any atom is -0.497 e. The zero-order chi connectivity index (χ0) is 21.1. The first-order chi connectivity index (χ1) is 14.5. The molecule has 1 amide bonds. The third-order valence-corrected chi connectivity index (χ3v) is 4.99. The fourth-order valence-electron chi connectivity index (χ4n) is 3.38. The number of aryl methyl sites for hydroxylation is 1. The van der Waals surface area contributed by atoms with Crippen LogP contribution in [0.3, 0.4) is 0 Å². The number of ether oxygens (including phenoxy) is 1. The molecule has 1 aromatic heterocycles. The first kappa shape index (κ1) is 19.5. The summed E-state index contributed by atoms with van der Waals surface area (Å²) in [6.07, 6.45) is 0.296. The first-order valence-electron chi connectivity index (χ1n) is 9.61. The number of rotatable bonds is 6. The third kappa shape index (κ3) is 3.96. The molecule has 0 saturated heterocycles. The van der Waals surface area contributed by atoms with Crippen LogP contribution in [0.2, 0.25) is 0 Å². The molecule has 30 heavy (non-hydrogen) atoms. The highest BCUT2D eigenvalue weighted by Gasteiger charge is 2.20. The SMILES string of the molecule is COc1ccc(C(=O)c2oc3ccc(NC(=O)Cc4ccccc4)cc3c2C)cc1. The van der Waals surface area contributed by atoms with E-state index in [1.807, 2.05) is 43.3 Å². The van der Waals surface area contributed by atoms with Gasteiger partial charge >= 0.3 is 0 Å². The van der Waals surface area contributed by atoms with Crippen LogP contribution < -0.4 is 10.1 Å². The molecule has 0 unspecified atom stereocenters. The number of carbonyl (C=O) groups is 2. The Labute approximate surface area is 174 Å². The summed E-state index contributed by atoms with van der Waals surface area (Å²) in [5.41, 5.74) is 3.48. The van der Waals surface area contributed by atoms with E-state index in [0.717, 1.165) is 16.5 Å². The van der Waals surface area contributed by atoms with Gasteiger partial charge in [-0.2, -0.15) is 0 Å². The van der Waals surface area contributed by atoms with Gasteiger partial charge in [-0.25, -0.2) is 0 Å². The average Bonchev–Trinajstić information content (AvgIpc) is 3.10. The van der Waals surface area contributed by atoms with E-state index in [0.29, 0.717) is 34.8 Å². The molecule has 0 atom stereocenters. The number of methoxy groups -OCH3 is 1.